The second kappa shape index (κ2) is 6.57. The first-order valence-corrected chi connectivity index (χ1v) is 7.75. The summed E-state index contributed by atoms with van der Waals surface area (Å²) in [5.74, 6) is 1.98. The summed E-state index contributed by atoms with van der Waals surface area (Å²) in [4.78, 5) is 0. The van der Waals surface area contributed by atoms with Crippen LogP contribution < -0.4 is 5.32 Å². The predicted octanol–water partition coefficient (Wildman–Crippen LogP) is 4.59. The number of furan rings is 1. The van der Waals surface area contributed by atoms with Crippen LogP contribution in [0.3, 0.4) is 0 Å². The van der Waals surface area contributed by atoms with Crippen LogP contribution in [0.1, 0.15) is 42.0 Å². The Hall–Kier alpha value is -0.810. The highest BCUT2D eigenvalue weighted by atomic mass is 127. The second-order valence-corrected chi connectivity index (χ2v) is 6.05. The first kappa shape index (κ1) is 14.6. The minimum absolute atomic E-state index is 0.217. The normalized spacial score (nSPS) is 12.6. The molecule has 0 aliphatic heterocycles. The Labute approximate surface area is 128 Å². The SMILES string of the molecule is CCCNC(c1ccc(I)cc1)c1cc(C)oc1C. The first-order valence-electron chi connectivity index (χ1n) is 6.67. The number of nitrogens with one attached hydrogen (secondary N) is 1. The fourth-order valence-electron chi connectivity index (χ4n) is 2.29. The third-order valence-corrected chi connectivity index (χ3v) is 3.91. The quantitative estimate of drug-likeness (QED) is 0.780. The minimum Gasteiger partial charge on any atom is -0.466 e. The molecule has 2 nitrogen and oxygen atoms in total. The maximum atomic E-state index is 5.68. The van der Waals surface area contributed by atoms with E-state index < -0.39 is 0 Å². The highest BCUT2D eigenvalue weighted by Gasteiger charge is 2.18. The van der Waals surface area contributed by atoms with Gasteiger partial charge in [-0.1, -0.05) is 19.1 Å². The largest absolute Gasteiger partial charge is 0.466 e. The number of benzene rings is 1. The van der Waals surface area contributed by atoms with Crippen molar-refractivity contribution in [3.8, 4) is 0 Å². The second-order valence-electron chi connectivity index (χ2n) is 4.81. The topological polar surface area (TPSA) is 25.2 Å². The minimum atomic E-state index is 0.217. The fourth-order valence-corrected chi connectivity index (χ4v) is 2.65. The lowest BCUT2D eigenvalue weighted by atomic mass is 9.99. The molecule has 2 rings (SSSR count). The maximum absolute atomic E-state index is 5.68. The molecule has 0 aliphatic rings. The standard InChI is InChI=1S/C16H20INO/c1-4-9-18-16(13-5-7-14(17)8-6-13)15-10-11(2)19-12(15)3/h5-8,10,16,18H,4,9H2,1-3H3. The van der Waals surface area contributed by atoms with Crippen LogP contribution in [0.4, 0.5) is 0 Å². The third-order valence-electron chi connectivity index (χ3n) is 3.19. The Kier molecular flexibility index (Phi) is 5.05. The van der Waals surface area contributed by atoms with E-state index in [2.05, 4.69) is 65.2 Å². The van der Waals surface area contributed by atoms with E-state index in [9.17, 15) is 0 Å². The van der Waals surface area contributed by atoms with E-state index in [-0.39, 0.29) is 6.04 Å². The third kappa shape index (κ3) is 3.60. The van der Waals surface area contributed by atoms with Crippen LogP contribution in [-0.2, 0) is 0 Å². The lowest BCUT2D eigenvalue weighted by Gasteiger charge is -2.18. The Morgan fingerprint density at radius 2 is 1.89 bits per heavy atom. The molecule has 1 heterocycles. The van der Waals surface area contributed by atoms with Crippen molar-refractivity contribution in [2.75, 3.05) is 6.54 Å². The van der Waals surface area contributed by atoms with Gasteiger partial charge in [-0.05, 0) is 73.2 Å². The summed E-state index contributed by atoms with van der Waals surface area (Å²) in [5.41, 5.74) is 2.53. The Morgan fingerprint density at radius 1 is 1.21 bits per heavy atom. The van der Waals surface area contributed by atoms with Crippen molar-refractivity contribution in [1.29, 1.82) is 0 Å². The van der Waals surface area contributed by atoms with Gasteiger partial charge < -0.3 is 9.73 Å². The monoisotopic (exact) mass is 369 g/mol. The van der Waals surface area contributed by atoms with Gasteiger partial charge in [-0.3, -0.25) is 0 Å². The zero-order valence-corrected chi connectivity index (χ0v) is 13.8. The summed E-state index contributed by atoms with van der Waals surface area (Å²) >= 11 is 2.34. The molecule has 0 aliphatic carbocycles. The molecule has 0 bridgehead atoms. The van der Waals surface area contributed by atoms with Crippen LogP contribution in [0.25, 0.3) is 0 Å². The first-order chi connectivity index (χ1) is 9.11. The summed E-state index contributed by atoms with van der Waals surface area (Å²) in [5, 5.41) is 3.61. The van der Waals surface area contributed by atoms with Crippen molar-refractivity contribution >= 4 is 22.6 Å². The van der Waals surface area contributed by atoms with Crippen molar-refractivity contribution in [2.24, 2.45) is 0 Å². The Balaban J connectivity index is 2.35. The fraction of sp³-hybridized carbons (Fsp3) is 0.375. The molecule has 1 atom stereocenters. The number of rotatable bonds is 5. The molecule has 0 amide bonds. The molecule has 0 radical (unpaired) electrons. The lowest BCUT2D eigenvalue weighted by molar-refractivity contribution is 0.493. The molecule has 1 unspecified atom stereocenters. The van der Waals surface area contributed by atoms with Gasteiger partial charge in [0, 0.05) is 9.13 Å². The summed E-state index contributed by atoms with van der Waals surface area (Å²) in [6.45, 7) is 7.22. The smallest absolute Gasteiger partial charge is 0.106 e. The van der Waals surface area contributed by atoms with E-state index in [1.54, 1.807) is 0 Å². The van der Waals surface area contributed by atoms with Gasteiger partial charge in [-0.15, -0.1) is 0 Å². The summed E-state index contributed by atoms with van der Waals surface area (Å²) in [6.07, 6.45) is 1.12. The molecule has 0 fully saturated rings. The number of aryl methyl sites for hydroxylation is 2. The van der Waals surface area contributed by atoms with Gasteiger partial charge in [0.05, 0.1) is 6.04 Å². The predicted molar refractivity (Wildman–Crippen MR) is 87.5 cm³/mol. The molecular formula is C16H20INO. The molecule has 1 aromatic carbocycles. The molecule has 2 aromatic rings. The van der Waals surface area contributed by atoms with Crippen molar-refractivity contribution in [2.45, 2.75) is 33.2 Å². The molecular weight excluding hydrogens is 349 g/mol. The van der Waals surface area contributed by atoms with Crippen molar-refractivity contribution in [1.82, 2.24) is 5.32 Å². The van der Waals surface area contributed by atoms with Crippen LogP contribution in [0, 0.1) is 17.4 Å². The number of hydrogen-bond acceptors (Lipinski definition) is 2. The van der Waals surface area contributed by atoms with E-state index in [0.717, 1.165) is 24.5 Å². The van der Waals surface area contributed by atoms with Crippen LogP contribution in [0.15, 0.2) is 34.7 Å². The molecule has 0 saturated carbocycles. The summed E-state index contributed by atoms with van der Waals surface area (Å²) in [7, 11) is 0. The molecule has 3 heteroatoms. The molecule has 0 saturated heterocycles. The van der Waals surface area contributed by atoms with Gasteiger partial charge in [0.2, 0.25) is 0 Å². The average Bonchev–Trinajstić information content (AvgIpc) is 2.71. The summed E-state index contributed by atoms with van der Waals surface area (Å²) in [6, 6.07) is 11.0. The van der Waals surface area contributed by atoms with Gasteiger partial charge >= 0.3 is 0 Å². The number of hydrogen-bond donors (Lipinski definition) is 1. The highest BCUT2D eigenvalue weighted by Crippen LogP contribution is 2.27. The van der Waals surface area contributed by atoms with Gasteiger partial charge in [-0.2, -0.15) is 0 Å². The highest BCUT2D eigenvalue weighted by molar-refractivity contribution is 14.1. The van der Waals surface area contributed by atoms with E-state index in [1.807, 2.05) is 13.8 Å². The Bertz CT molecular complexity index is 530. The van der Waals surface area contributed by atoms with Gasteiger partial charge in [0.25, 0.3) is 0 Å². The van der Waals surface area contributed by atoms with Crippen LogP contribution in [-0.4, -0.2) is 6.54 Å². The van der Waals surface area contributed by atoms with E-state index in [4.69, 9.17) is 4.42 Å². The Morgan fingerprint density at radius 3 is 2.42 bits per heavy atom. The molecule has 102 valence electrons. The van der Waals surface area contributed by atoms with Crippen molar-refractivity contribution < 1.29 is 4.42 Å². The molecule has 19 heavy (non-hydrogen) atoms. The van der Waals surface area contributed by atoms with Gasteiger partial charge in [0.1, 0.15) is 11.5 Å². The average molecular weight is 369 g/mol. The van der Waals surface area contributed by atoms with Crippen molar-refractivity contribution in [3.05, 3.63) is 56.5 Å². The summed E-state index contributed by atoms with van der Waals surface area (Å²) < 4.78 is 6.94. The molecule has 1 N–H and O–H groups in total. The molecule has 1 aromatic heterocycles. The van der Waals surface area contributed by atoms with E-state index in [1.165, 1.54) is 14.7 Å². The van der Waals surface area contributed by atoms with Crippen LogP contribution in [0.5, 0.6) is 0 Å². The zero-order valence-electron chi connectivity index (χ0n) is 11.7. The van der Waals surface area contributed by atoms with Gasteiger partial charge in [-0.25, -0.2) is 0 Å². The van der Waals surface area contributed by atoms with E-state index >= 15 is 0 Å². The number of halogens is 1. The van der Waals surface area contributed by atoms with Crippen molar-refractivity contribution in [3.63, 3.8) is 0 Å². The van der Waals surface area contributed by atoms with E-state index in [0.29, 0.717) is 0 Å². The van der Waals surface area contributed by atoms with Crippen LogP contribution in [0.2, 0.25) is 0 Å². The molecule has 0 spiro atoms. The maximum Gasteiger partial charge on any atom is 0.106 e. The zero-order chi connectivity index (χ0) is 13.8. The van der Waals surface area contributed by atoms with Crippen LogP contribution >= 0.6 is 22.6 Å². The lowest BCUT2D eigenvalue weighted by Crippen LogP contribution is -2.23. The van der Waals surface area contributed by atoms with Gasteiger partial charge in [0.15, 0.2) is 0 Å².